The van der Waals surface area contributed by atoms with Crippen LogP contribution in [0.2, 0.25) is 5.28 Å². The second kappa shape index (κ2) is 15.4. The fourth-order valence-corrected chi connectivity index (χ4v) is 6.47. The van der Waals surface area contributed by atoms with Crippen LogP contribution in [0.5, 0.6) is 5.75 Å². The van der Waals surface area contributed by atoms with E-state index in [4.69, 9.17) is 24.2 Å². The number of hydrogen-bond acceptors (Lipinski definition) is 15. The van der Waals surface area contributed by atoms with Gasteiger partial charge < -0.3 is 15.7 Å². The lowest BCUT2D eigenvalue weighted by atomic mass is 10.0. The third-order valence-corrected chi connectivity index (χ3v) is 9.40. The average Bonchev–Trinajstić information content (AvgIpc) is 3.00. The first-order valence-corrected chi connectivity index (χ1v) is 18.3. The Bertz CT molecular complexity index is 2370. The summed E-state index contributed by atoms with van der Waals surface area (Å²) >= 11 is 6.14. The molecule has 49 heavy (non-hydrogen) atoms. The fraction of sp³-hybridized carbons (Fsp3) is 0.138. The van der Waals surface area contributed by atoms with Gasteiger partial charge in [0.15, 0.2) is 15.6 Å². The number of phenolic OH excluding ortho intramolecular Hbond substituents is 1. The predicted octanol–water partition coefficient (Wildman–Crippen LogP) is 6.02. The summed E-state index contributed by atoms with van der Waals surface area (Å²) in [5.41, 5.74) is 1.51. The van der Waals surface area contributed by atoms with Crippen molar-refractivity contribution in [3.05, 3.63) is 83.6 Å². The second-order valence-electron chi connectivity index (χ2n) is 10.0. The number of nitrogens with zero attached hydrogens (tertiary/aromatic N) is 5. The first kappa shape index (κ1) is 36.8. The number of rotatable bonds is 10. The molecule has 4 aromatic carbocycles. The van der Waals surface area contributed by atoms with Crippen molar-refractivity contribution in [2.45, 2.75) is 30.1 Å². The first-order valence-electron chi connectivity index (χ1n) is 13.9. The molecule has 0 fully saturated rings. The number of anilines is 4. The van der Waals surface area contributed by atoms with Crippen molar-refractivity contribution in [3.63, 3.8) is 0 Å². The molecule has 0 unspecified atom stereocenters. The zero-order valence-electron chi connectivity index (χ0n) is 25.4. The number of phenols is 1. The van der Waals surface area contributed by atoms with Crippen molar-refractivity contribution in [3.8, 4) is 5.75 Å². The smallest absolute Gasteiger partial charge is 0.425 e. The Balaban J connectivity index is 0.00000128. The number of azo groups is 1. The van der Waals surface area contributed by atoms with Crippen LogP contribution in [0.1, 0.15) is 18.9 Å². The molecule has 0 aliphatic rings. The maximum Gasteiger partial charge on any atom is 0.425 e. The molecule has 0 amide bonds. The van der Waals surface area contributed by atoms with E-state index in [1.54, 1.807) is 32.0 Å². The summed E-state index contributed by atoms with van der Waals surface area (Å²) in [6.45, 7) is 3.41. The molecule has 16 nitrogen and oxygen atoms in total. The molecule has 1 aromatic heterocycles. The standard InChI is InChI=1S/C29H26ClN7O6S2.O3S/c1-3-13-44(39,40)21-11-9-20(10-12-21)36-37-25-17(2)14-18-15-22(45(41,42)43)16-23(24(18)26(25)38)32-29-34-27(30)33-28(35-29)31-19-7-5-4-6-8-19;1-4(2)3/h4-12,14-16,38H,3,13H2,1-2H3,(H,41,42,43)(H2,31,32,33,34,35);. The average molecular weight is 748 g/mol. The molecule has 0 aliphatic carbocycles. The van der Waals surface area contributed by atoms with Crippen molar-refractivity contribution in [2.24, 2.45) is 10.2 Å². The van der Waals surface area contributed by atoms with Gasteiger partial charge in [-0.15, -0.1) is 17.7 Å². The van der Waals surface area contributed by atoms with Gasteiger partial charge in [0.1, 0.15) is 5.69 Å². The van der Waals surface area contributed by atoms with Crippen LogP contribution < -0.4 is 10.6 Å². The topological polar surface area (TPSA) is 247 Å². The minimum atomic E-state index is -4.66. The van der Waals surface area contributed by atoms with Crippen molar-refractivity contribution >= 4 is 87.6 Å². The normalized spacial score (nSPS) is 11.6. The van der Waals surface area contributed by atoms with Gasteiger partial charge in [0.2, 0.25) is 17.2 Å². The van der Waals surface area contributed by atoms with E-state index >= 15 is 0 Å². The summed E-state index contributed by atoms with van der Waals surface area (Å²) in [4.78, 5) is 12.1. The predicted molar refractivity (Wildman–Crippen MR) is 181 cm³/mol. The summed E-state index contributed by atoms with van der Waals surface area (Å²) < 4.78 is 84.1. The molecule has 1 heterocycles. The van der Waals surface area contributed by atoms with Crippen molar-refractivity contribution < 1.29 is 39.1 Å². The van der Waals surface area contributed by atoms with Crippen molar-refractivity contribution in [2.75, 3.05) is 16.4 Å². The molecule has 256 valence electrons. The molecule has 20 heteroatoms. The Morgan fingerprint density at radius 2 is 1.45 bits per heavy atom. The Kier molecular flexibility index (Phi) is 11.6. The van der Waals surface area contributed by atoms with E-state index in [2.05, 4.69) is 35.8 Å². The lowest BCUT2D eigenvalue weighted by Crippen LogP contribution is -2.05. The molecule has 5 aromatic rings. The van der Waals surface area contributed by atoms with Gasteiger partial charge in [-0.25, -0.2) is 8.42 Å². The number of aromatic hydroxyl groups is 1. The third-order valence-electron chi connectivity index (χ3n) is 6.47. The molecule has 0 atom stereocenters. The highest BCUT2D eigenvalue weighted by molar-refractivity contribution is 7.91. The highest BCUT2D eigenvalue weighted by Gasteiger charge is 2.20. The van der Waals surface area contributed by atoms with E-state index in [0.29, 0.717) is 23.4 Å². The monoisotopic (exact) mass is 747 g/mol. The Hall–Kier alpha value is -5.08. The minimum Gasteiger partial charge on any atom is -0.505 e. The van der Waals surface area contributed by atoms with E-state index in [1.807, 2.05) is 18.2 Å². The SMILES string of the molecule is CCCS(=O)(=O)c1ccc(N=Nc2c(C)cc3cc(S(=O)(=O)O)cc(Nc4nc(Cl)nc(Nc5ccccc5)n4)c3c2O)cc1.O=S(=O)=O. The van der Waals surface area contributed by atoms with Gasteiger partial charge in [-0.3, -0.25) is 4.55 Å². The number of fused-ring (bicyclic) bond motifs is 1. The number of aryl methyl sites for hydroxylation is 1. The van der Waals surface area contributed by atoms with Crippen molar-refractivity contribution in [1.82, 2.24) is 15.0 Å². The van der Waals surface area contributed by atoms with Crippen LogP contribution in [0.3, 0.4) is 0 Å². The van der Waals surface area contributed by atoms with Gasteiger partial charge in [0.25, 0.3) is 10.1 Å². The highest BCUT2D eigenvalue weighted by Crippen LogP contribution is 2.44. The number of halogens is 1. The lowest BCUT2D eigenvalue weighted by molar-refractivity contribution is 0.480. The summed E-state index contributed by atoms with van der Waals surface area (Å²) in [7, 11) is -11.2. The maximum atomic E-state index is 12.3. The summed E-state index contributed by atoms with van der Waals surface area (Å²) in [5.74, 6) is -0.344. The van der Waals surface area contributed by atoms with E-state index < -0.39 is 35.5 Å². The maximum absolute atomic E-state index is 12.3. The van der Waals surface area contributed by atoms with E-state index in [1.165, 1.54) is 30.3 Å². The summed E-state index contributed by atoms with van der Waals surface area (Å²) in [5, 5.41) is 25.8. The molecule has 0 radical (unpaired) electrons. The number of benzene rings is 4. The molecular weight excluding hydrogens is 722 g/mol. The molecule has 4 N–H and O–H groups in total. The van der Waals surface area contributed by atoms with Crippen LogP contribution in [0.15, 0.2) is 92.8 Å². The van der Waals surface area contributed by atoms with Gasteiger partial charge >= 0.3 is 10.6 Å². The molecule has 0 spiro atoms. The minimum absolute atomic E-state index is 0.00693. The third kappa shape index (κ3) is 9.74. The number of para-hydroxylation sites is 1. The van der Waals surface area contributed by atoms with E-state index in [-0.39, 0.29) is 55.7 Å². The van der Waals surface area contributed by atoms with Gasteiger partial charge in [0, 0.05) is 11.1 Å². The summed E-state index contributed by atoms with van der Waals surface area (Å²) in [6.07, 6.45) is 0.485. The molecule has 0 aliphatic heterocycles. The van der Waals surface area contributed by atoms with Crippen molar-refractivity contribution in [1.29, 1.82) is 0 Å². The molecule has 0 saturated heterocycles. The van der Waals surface area contributed by atoms with Crippen LogP contribution in [0.25, 0.3) is 10.8 Å². The number of nitrogens with one attached hydrogen (secondary N) is 2. The van der Waals surface area contributed by atoms with Crippen LogP contribution in [-0.2, 0) is 30.6 Å². The van der Waals surface area contributed by atoms with Gasteiger partial charge in [-0.1, -0.05) is 25.1 Å². The quantitative estimate of drug-likeness (QED) is 0.0942. The Labute approximate surface area is 286 Å². The van der Waals surface area contributed by atoms with Crippen LogP contribution in [-0.4, -0.2) is 59.8 Å². The molecule has 0 saturated carbocycles. The zero-order valence-corrected chi connectivity index (χ0v) is 28.6. The van der Waals surface area contributed by atoms with Crippen LogP contribution >= 0.6 is 11.6 Å². The zero-order chi connectivity index (χ0) is 35.9. The molecule has 5 rings (SSSR count). The Morgan fingerprint density at radius 3 is 2.04 bits per heavy atom. The number of hydrogen-bond donors (Lipinski definition) is 4. The lowest BCUT2D eigenvalue weighted by Gasteiger charge is -2.15. The van der Waals surface area contributed by atoms with Crippen LogP contribution in [0.4, 0.5) is 34.6 Å². The van der Waals surface area contributed by atoms with Crippen LogP contribution in [0, 0.1) is 6.92 Å². The van der Waals surface area contributed by atoms with Gasteiger partial charge in [-0.05, 0) is 90.5 Å². The first-order chi connectivity index (χ1) is 23.1. The van der Waals surface area contributed by atoms with Gasteiger partial charge in [-0.2, -0.15) is 28.5 Å². The molecular formula is C29H26ClN7O9S3. The van der Waals surface area contributed by atoms with E-state index in [9.17, 15) is 26.5 Å². The fourth-order valence-electron chi connectivity index (χ4n) is 4.44. The molecule has 0 bridgehead atoms. The number of sulfone groups is 1. The van der Waals surface area contributed by atoms with E-state index in [0.717, 1.165) is 6.07 Å². The summed E-state index contributed by atoms with van der Waals surface area (Å²) in [6, 6.07) is 18.8. The highest BCUT2D eigenvalue weighted by atomic mass is 35.5. The van der Waals surface area contributed by atoms with Gasteiger partial charge in [0.05, 0.1) is 26.9 Å². The Morgan fingerprint density at radius 1 is 0.837 bits per heavy atom. The largest absolute Gasteiger partial charge is 0.505 e. The second-order valence-corrected chi connectivity index (χ2v) is 14.3. The number of aromatic nitrogens is 3.